The number of nitrogens with zero attached hydrogens (tertiary/aromatic N) is 1. The molecule has 4 nitrogen and oxygen atoms in total. The maximum absolute atomic E-state index is 13.3. The van der Waals surface area contributed by atoms with Crippen molar-refractivity contribution in [3.05, 3.63) is 59.4 Å². The normalized spacial score (nSPS) is 14.3. The van der Waals surface area contributed by atoms with Crippen LogP contribution in [0.5, 0.6) is 0 Å². The molecule has 0 amide bonds. The van der Waals surface area contributed by atoms with Crippen molar-refractivity contribution in [2.45, 2.75) is 30.2 Å². The van der Waals surface area contributed by atoms with Gasteiger partial charge in [-0.1, -0.05) is 12.1 Å². The molecule has 0 aliphatic carbocycles. The van der Waals surface area contributed by atoms with Crippen molar-refractivity contribution < 1.29 is 34.8 Å². The van der Waals surface area contributed by atoms with Gasteiger partial charge in [0.05, 0.1) is 5.56 Å². The molecule has 0 saturated heterocycles. The van der Waals surface area contributed by atoms with Gasteiger partial charge in [0, 0.05) is 11.9 Å². The smallest absolute Gasteiger partial charge is 0.260 e. The number of hydrogen-bond acceptors (Lipinski definition) is 3. The first-order valence-electron chi connectivity index (χ1n) is 6.99. The highest BCUT2D eigenvalue weighted by Crippen LogP contribution is 2.36. The number of aromatic nitrogens is 1. The van der Waals surface area contributed by atoms with Crippen LogP contribution >= 0.6 is 0 Å². The molecule has 1 atom stereocenters. The van der Waals surface area contributed by atoms with E-state index >= 15 is 0 Å². The van der Waals surface area contributed by atoms with E-state index in [2.05, 4.69) is 4.98 Å². The minimum Gasteiger partial charge on any atom is -0.260 e. The molecular weight excluding hydrogens is 386 g/mol. The third-order valence-corrected chi connectivity index (χ3v) is 4.77. The summed E-state index contributed by atoms with van der Waals surface area (Å²) in [5.74, 6) is 0. The van der Waals surface area contributed by atoms with E-state index in [0.29, 0.717) is 30.0 Å². The molecule has 0 fully saturated rings. The van der Waals surface area contributed by atoms with Crippen LogP contribution < -0.4 is 4.72 Å². The minimum absolute atomic E-state index is 0.454. The maximum Gasteiger partial charge on any atom is 0.416 e. The largest absolute Gasteiger partial charge is 0.416 e. The van der Waals surface area contributed by atoms with Gasteiger partial charge in [-0.2, -0.15) is 31.1 Å². The Morgan fingerprint density at radius 2 is 1.54 bits per heavy atom. The third-order valence-electron chi connectivity index (χ3n) is 3.37. The molecule has 0 unspecified atom stereocenters. The summed E-state index contributed by atoms with van der Waals surface area (Å²) < 4.78 is 103. The Hall–Kier alpha value is -2.14. The van der Waals surface area contributed by atoms with Gasteiger partial charge in [-0.15, -0.1) is 0 Å². The Bertz CT molecular complexity index is 859. The van der Waals surface area contributed by atoms with Gasteiger partial charge in [0.1, 0.15) is 10.9 Å². The monoisotopic (exact) mass is 398 g/mol. The number of nitrogens with one attached hydrogen (secondary N) is 1. The summed E-state index contributed by atoms with van der Waals surface area (Å²) in [5.41, 5.74) is -1.36. The van der Waals surface area contributed by atoms with Gasteiger partial charge in [-0.05, 0) is 36.8 Å². The Labute approximate surface area is 144 Å². The van der Waals surface area contributed by atoms with E-state index in [4.69, 9.17) is 0 Å². The number of halogens is 6. The van der Waals surface area contributed by atoms with Crippen LogP contribution in [-0.4, -0.2) is 19.6 Å². The standard InChI is InChI=1S/C15H12F6N2O2S/c1-9-2-7-12(8-22-9)26(24,25)23-13(15(19,20)21)10-3-5-11(6-4-10)14(16,17)18/h2-8,13,23H,1H3/t13-/m1/s1. The van der Waals surface area contributed by atoms with Gasteiger partial charge < -0.3 is 0 Å². The number of alkyl halides is 6. The topological polar surface area (TPSA) is 59.1 Å². The molecule has 1 aromatic heterocycles. The minimum atomic E-state index is -5.06. The summed E-state index contributed by atoms with van der Waals surface area (Å²) in [4.78, 5) is 3.20. The van der Waals surface area contributed by atoms with Crippen molar-refractivity contribution in [2.75, 3.05) is 0 Å². The van der Waals surface area contributed by atoms with Gasteiger partial charge in [0.2, 0.25) is 10.0 Å². The van der Waals surface area contributed by atoms with E-state index in [0.717, 1.165) is 12.3 Å². The van der Waals surface area contributed by atoms with Crippen LogP contribution in [-0.2, 0) is 16.2 Å². The first-order chi connectivity index (χ1) is 11.8. The number of rotatable bonds is 4. The fourth-order valence-corrected chi connectivity index (χ4v) is 3.18. The molecule has 0 spiro atoms. The number of hydrogen-bond donors (Lipinski definition) is 1. The highest BCUT2D eigenvalue weighted by atomic mass is 32.2. The van der Waals surface area contributed by atoms with Crippen LogP contribution in [0.15, 0.2) is 47.5 Å². The molecular formula is C15H12F6N2O2S. The van der Waals surface area contributed by atoms with Crippen molar-refractivity contribution in [3.8, 4) is 0 Å². The number of pyridine rings is 1. The summed E-state index contributed by atoms with van der Waals surface area (Å²) in [5, 5.41) is 0. The maximum atomic E-state index is 13.3. The fourth-order valence-electron chi connectivity index (χ4n) is 2.02. The van der Waals surface area contributed by atoms with Gasteiger partial charge in [-0.25, -0.2) is 8.42 Å². The molecule has 1 aromatic carbocycles. The molecule has 0 aliphatic heterocycles. The quantitative estimate of drug-likeness (QED) is 0.793. The Morgan fingerprint density at radius 3 is 1.96 bits per heavy atom. The second-order valence-electron chi connectivity index (χ2n) is 5.35. The van der Waals surface area contributed by atoms with Crippen molar-refractivity contribution in [1.82, 2.24) is 9.71 Å². The lowest BCUT2D eigenvalue weighted by Crippen LogP contribution is -2.38. The highest BCUT2D eigenvalue weighted by Gasteiger charge is 2.44. The molecule has 11 heteroatoms. The lowest BCUT2D eigenvalue weighted by Gasteiger charge is -2.22. The van der Waals surface area contributed by atoms with E-state index in [-0.39, 0.29) is 0 Å². The summed E-state index contributed by atoms with van der Waals surface area (Å²) in [6.45, 7) is 1.56. The molecule has 2 rings (SSSR count). The zero-order valence-electron chi connectivity index (χ0n) is 13.1. The van der Waals surface area contributed by atoms with Crippen LogP contribution in [0.3, 0.4) is 0 Å². The first-order valence-corrected chi connectivity index (χ1v) is 8.48. The average Bonchev–Trinajstić information content (AvgIpc) is 2.51. The van der Waals surface area contributed by atoms with Crippen LogP contribution in [0, 0.1) is 6.92 Å². The van der Waals surface area contributed by atoms with Crippen LogP contribution in [0.4, 0.5) is 26.3 Å². The van der Waals surface area contributed by atoms with Crippen LogP contribution in [0.1, 0.15) is 22.9 Å². The number of aryl methyl sites for hydroxylation is 1. The van der Waals surface area contributed by atoms with Crippen molar-refractivity contribution in [3.63, 3.8) is 0 Å². The van der Waals surface area contributed by atoms with E-state index in [9.17, 15) is 34.8 Å². The number of sulfonamides is 1. The van der Waals surface area contributed by atoms with Crippen molar-refractivity contribution in [1.29, 1.82) is 0 Å². The zero-order chi connectivity index (χ0) is 19.8. The molecule has 1 N–H and O–H groups in total. The Kier molecular flexibility index (Phi) is 5.34. The first kappa shape index (κ1) is 20.2. The number of benzene rings is 1. The average molecular weight is 398 g/mol. The van der Waals surface area contributed by atoms with E-state index < -0.39 is 44.4 Å². The fraction of sp³-hybridized carbons (Fsp3) is 0.267. The second-order valence-corrected chi connectivity index (χ2v) is 7.06. The summed E-state index contributed by atoms with van der Waals surface area (Å²) in [6, 6.07) is 1.73. The summed E-state index contributed by atoms with van der Waals surface area (Å²) >= 11 is 0. The Morgan fingerprint density at radius 1 is 0.962 bits per heavy atom. The predicted molar refractivity (Wildman–Crippen MR) is 79.5 cm³/mol. The predicted octanol–water partition coefficient (Wildman–Crippen LogP) is 3.99. The van der Waals surface area contributed by atoms with Crippen LogP contribution in [0.2, 0.25) is 0 Å². The third kappa shape index (κ3) is 4.73. The molecule has 142 valence electrons. The van der Waals surface area contributed by atoms with Crippen LogP contribution in [0.25, 0.3) is 0 Å². The van der Waals surface area contributed by atoms with Gasteiger partial charge in [0.15, 0.2) is 0 Å². The van der Waals surface area contributed by atoms with Gasteiger partial charge >= 0.3 is 12.4 Å². The van der Waals surface area contributed by atoms with Crippen molar-refractivity contribution >= 4 is 10.0 Å². The lowest BCUT2D eigenvalue weighted by molar-refractivity contribution is -0.153. The highest BCUT2D eigenvalue weighted by molar-refractivity contribution is 7.89. The molecule has 0 saturated carbocycles. The van der Waals surface area contributed by atoms with Crippen molar-refractivity contribution in [2.24, 2.45) is 0 Å². The molecule has 0 aliphatic rings. The summed E-state index contributed by atoms with van der Waals surface area (Å²) in [6.07, 6.45) is -8.90. The van der Waals surface area contributed by atoms with Gasteiger partial charge in [-0.3, -0.25) is 4.98 Å². The van der Waals surface area contributed by atoms with Gasteiger partial charge in [0.25, 0.3) is 0 Å². The molecule has 0 radical (unpaired) electrons. The Balaban J connectivity index is 2.38. The molecule has 2 aromatic rings. The van der Waals surface area contributed by atoms with E-state index in [1.165, 1.54) is 10.8 Å². The zero-order valence-corrected chi connectivity index (χ0v) is 13.9. The SMILES string of the molecule is Cc1ccc(S(=O)(=O)N[C@H](c2ccc(C(F)(F)F)cc2)C(F)(F)F)cn1. The molecule has 1 heterocycles. The van der Waals surface area contributed by atoms with E-state index in [1.807, 2.05) is 0 Å². The summed E-state index contributed by atoms with van der Waals surface area (Å²) in [7, 11) is -4.60. The second kappa shape index (κ2) is 6.88. The van der Waals surface area contributed by atoms with E-state index in [1.54, 1.807) is 6.92 Å². The lowest BCUT2D eigenvalue weighted by atomic mass is 10.1. The molecule has 26 heavy (non-hydrogen) atoms. The molecule has 0 bridgehead atoms.